The van der Waals surface area contributed by atoms with Crippen LogP contribution in [-0.2, 0) is 9.59 Å². The van der Waals surface area contributed by atoms with Crippen LogP contribution in [0, 0.1) is 40.4 Å². The van der Waals surface area contributed by atoms with Gasteiger partial charge in [-0.25, -0.2) is 0 Å². The van der Waals surface area contributed by atoms with Crippen LogP contribution in [-0.4, -0.2) is 23.9 Å². The van der Waals surface area contributed by atoms with Gasteiger partial charge in [-0.3, -0.25) is 9.59 Å². The van der Waals surface area contributed by atoms with Crippen molar-refractivity contribution in [2.45, 2.75) is 90.6 Å². The van der Waals surface area contributed by atoms with Crippen molar-refractivity contribution in [2.24, 2.45) is 40.4 Å². The average molecular weight is 509 g/mol. The van der Waals surface area contributed by atoms with Gasteiger partial charge in [0, 0.05) is 34.1 Å². The van der Waals surface area contributed by atoms with Crippen LogP contribution in [0.1, 0.15) is 78.6 Å². The maximum absolute atomic E-state index is 14.5. The molecule has 3 unspecified atom stereocenters. The largest absolute Gasteiger partial charge is 0.349 e. The third kappa shape index (κ3) is 3.68. The summed E-state index contributed by atoms with van der Waals surface area (Å²) in [5, 5.41) is 4.01. The summed E-state index contributed by atoms with van der Waals surface area (Å²) in [6.07, 6.45) is 14.0. The van der Waals surface area contributed by atoms with E-state index in [0.29, 0.717) is 35.6 Å². The highest BCUT2D eigenvalue weighted by molar-refractivity contribution is 6.30. The molecule has 0 spiro atoms. The van der Waals surface area contributed by atoms with E-state index in [0.717, 1.165) is 55.7 Å². The Morgan fingerprint density at radius 2 is 1.75 bits per heavy atom. The molecule has 1 N–H and O–H groups in total. The number of fused-ring (bicyclic) bond motifs is 5. The fraction of sp³-hybridized carbons (Fsp3) is 0.677. The minimum Gasteiger partial charge on any atom is -0.349 e. The zero-order chi connectivity index (χ0) is 25.2. The molecule has 0 bridgehead atoms. The van der Waals surface area contributed by atoms with E-state index in [1.807, 2.05) is 24.3 Å². The van der Waals surface area contributed by atoms with Crippen LogP contribution in [0.25, 0.3) is 0 Å². The topological polar surface area (TPSA) is 49.4 Å². The van der Waals surface area contributed by atoms with Gasteiger partial charge in [0.05, 0.1) is 0 Å². The van der Waals surface area contributed by atoms with Gasteiger partial charge in [-0.1, -0.05) is 51.3 Å². The molecule has 1 aliphatic heterocycles. The number of hydrogen-bond acceptors (Lipinski definition) is 2. The number of anilines is 1. The predicted octanol–water partition coefficient (Wildman–Crippen LogP) is 6.78. The highest BCUT2D eigenvalue weighted by Gasteiger charge is 2.63. The second-order valence-corrected chi connectivity index (χ2v) is 13.5. The second kappa shape index (κ2) is 8.89. The minimum absolute atomic E-state index is 0.0215. The first-order valence-corrected chi connectivity index (χ1v) is 14.7. The van der Waals surface area contributed by atoms with E-state index in [4.69, 9.17) is 11.6 Å². The van der Waals surface area contributed by atoms with Crippen molar-refractivity contribution >= 4 is 29.1 Å². The molecule has 4 aliphatic carbocycles. The quantitative estimate of drug-likeness (QED) is 0.489. The van der Waals surface area contributed by atoms with E-state index in [1.165, 1.54) is 12.8 Å². The smallest absolute Gasteiger partial charge is 0.243 e. The van der Waals surface area contributed by atoms with Crippen molar-refractivity contribution in [3.8, 4) is 0 Å². The zero-order valence-corrected chi connectivity index (χ0v) is 22.8. The maximum Gasteiger partial charge on any atom is 0.243 e. The van der Waals surface area contributed by atoms with Crippen molar-refractivity contribution in [2.75, 3.05) is 4.90 Å². The van der Waals surface area contributed by atoms with Crippen molar-refractivity contribution in [3.05, 3.63) is 41.4 Å². The lowest BCUT2D eigenvalue weighted by atomic mass is 9.45. The van der Waals surface area contributed by atoms with Gasteiger partial charge >= 0.3 is 0 Å². The molecule has 0 saturated heterocycles. The molecule has 1 heterocycles. The van der Waals surface area contributed by atoms with Gasteiger partial charge in [0.2, 0.25) is 11.8 Å². The number of nitrogens with zero attached hydrogens (tertiary/aromatic N) is 1. The Hall–Kier alpha value is -1.81. The van der Waals surface area contributed by atoms with E-state index < -0.39 is 0 Å². The Kier molecular flexibility index (Phi) is 6.06. The molecule has 6 rings (SSSR count). The molecule has 0 radical (unpaired) electrons. The fourth-order valence-corrected chi connectivity index (χ4v) is 9.67. The number of rotatable bonds is 3. The van der Waals surface area contributed by atoms with Gasteiger partial charge in [-0.15, -0.1) is 0 Å². The summed E-state index contributed by atoms with van der Waals surface area (Å²) in [5.74, 6) is 2.80. The fourth-order valence-electron chi connectivity index (χ4n) is 9.54. The molecular formula is C31H41ClN2O2. The molecule has 2 amide bonds. The van der Waals surface area contributed by atoms with E-state index in [-0.39, 0.29) is 28.7 Å². The van der Waals surface area contributed by atoms with Crippen LogP contribution in [0.15, 0.2) is 36.4 Å². The van der Waals surface area contributed by atoms with Crippen LogP contribution in [0.3, 0.4) is 0 Å². The van der Waals surface area contributed by atoms with Gasteiger partial charge in [0.1, 0.15) is 0 Å². The van der Waals surface area contributed by atoms with Gasteiger partial charge in [-0.2, -0.15) is 0 Å². The molecule has 5 aliphatic rings. The Labute approximate surface area is 221 Å². The third-order valence-electron chi connectivity index (χ3n) is 11.4. The van der Waals surface area contributed by atoms with Crippen molar-refractivity contribution in [3.63, 3.8) is 0 Å². The minimum atomic E-state index is 0.0215. The van der Waals surface area contributed by atoms with Crippen LogP contribution in [0.4, 0.5) is 5.69 Å². The Morgan fingerprint density at radius 3 is 2.47 bits per heavy atom. The standard InChI is InChI=1S/C31H41ClN2O2/c1-19-18-26-31(3,17-15-27(35)33-26)24-14-16-30(2)23(28(19)24)12-13-25(30)29(36)34(21-6-4-5-7-21)22-10-8-20(32)9-11-22/h8-11,15,17,19,21,23-26,28H,4-7,12-14,16,18H2,1-3H3,(H,33,35)/t19?,23-,24+,25?,26?,28-,30-,31+/m0/s1. The number of benzene rings is 1. The molecule has 4 fully saturated rings. The predicted molar refractivity (Wildman–Crippen MR) is 145 cm³/mol. The number of carbonyl (C=O) groups is 2. The van der Waals surface area contributed by atoms with E-state index in [9.17, 15) is 9.59 Å². The highest BCUT2D eigenvalue weighted by Crippen LogP contribution is 2.66. The SMILES string of the molecule is CC1CC2NC(=O)C=C[C@]2(C)[C@@H]2CC[C@]3(C)C(C(=O)N(c4ccc(Cl)cc4)C4CCCC4)CC[C@H]3[C@H]12. The Morgan fingerprint density at radius 1 is 1.03 bits per heavy atom. The zero-order valence-electron chi connectivity index (χ0n) is 22.0. The van der Waals surface area contributed by atoms with Gasteiger partial charge in [-0.05, 0) is 104 Å². The molecule has 4 saturated carbocycles. The monoisotopic (exact) mass is 508 g/mol. The number of hydrogen-bond donors (Lipinski definition) is 1. The third-order valence-corrected chi connectivity index (χ3v) is 11.6. The average Bonchev–Trinajstić information content (AvgIpc) is 3.49. The molecule has 36 heavy (non-hydrogen) atoms. The molecule has 1 aromatic rings. The van der Waals surface area contributed by atoms with Crippen molar-refractivity contribution in [1.29, 1.82) is 0 Å². The maximum atomic E-state index is 14.5. The first kappa shape index (κ1) is 24.5. The summed E-state index contributed by atoms with van der Waals surface area (Å²) >= 11 is 6.21. The Bertz CT molecular complexity index is 1060. The molecular weight excluding hydrogens is 468 g/mol. The lowest BCUT2D eigenvalue weighted by molar-refractivity contribution is -0.135. The van der Waals surface area contributed by atoms with E-state index in [2.05, 4.69) is 37.1 Å². The molecule has 5 heteroatoms. The van der Waals surface area contributed by atoms with E-state index >= 15 is 0 Å². The summed E-state index contributed by atoms with van der Waals surface area (Å²) in [5.41, 5.74) is 1.08. The summed E-state index contributed by atoms with van der Waals surface area (Å²) < 4.78 is 0. The first-order chi connectivity index (χ1) is 17.2. The molecule has 1 aromatic carbocycles. The van der Waals surface area contributed by atoms with Crippen LogP contribution in [0.5, 0.6) is 0 Å². The summed E-state index contributed by atoms with van der Waals surface area (Å²) in [6, 6.07) is 8.47. The molecule has 8 atom stereocenters. The van der Waals surface area contributed by atoms with Gasteiger partial charge in [0.25, 0.3) is 0 Å². The summed E-state index contributed by atoms with van der Waals surface area (Å²) in [6.45, 7) is 7.22. The lowest BCUT2D eigenvalue weighted by Crippen LogP contribution is -2.61. The molecule has 4 nitrogen and oxygen atoms in total. The summed E-state index contributed by atoms with van der Waals surface area (Å²) in [4.78, 5) is 28.8. The van der Waals surface area contributed by atoms with Crippen LogP contribution >= 0.6 is 11.6 Å². The summed E-state index contributed by atoms with van der Waals surface area (Å²) in [7, 11) is 0. The number of amides is 2. The number of nitrogens with one attached hydrogen (secondary N) is 1. The van der Waals surface area contributed by atoms with Gasteiger partial charge in [0.15, 0.2) is 0 Å². The van der Waals surface area contributed by atoms with Crippen LogP contribution < -0.4 is 10.2 Å². The number of halogens is 1. The first-order valence-electron chi connectivity index (χ1n) is 14.3. The second-order valence-electron chi connectivity index (χ2n) is 13.1. The van der Waals surface area contributed by atoms with Gasteiger partial charge < -0.3 is 10.2 Å². The Balaban J connectivity index is 1.31. The van der Waals surface area contributed by atoms with E-state index in [1.54, 1.807) is 6.08 Å². The van der Waals surface area contributed by atoms with Crippen molar-refractivity contribution in [1.82, 2.24) is 5.32 Å². The lowest BCUT2D eigenvalue weighted by Gasteiger charge is -2.61. The highest BCUT2D eigenvalue weighted by atomic mass is 35.5. The van der Waals surface area contributed by atoms with Crippen molar-refractivity contribution < 1.29 is 9.59 Å². The molecule has 194 valence electrons. The normalized spacial score (nSPS) is 41.8. The molecule has 0 aromatic heterocycles. The number of carbonyl (C=O) groups excluding carboxylic acids is 2. The van der Waals surface area contributed by atoms with Crippen LogP contribution in [0.2, 0.25) is 5.02 Å².